The second-order valence-electron chi connectivity index (χ2n) is 5.74. The Morgan fingerprint density at radius 1 is 1.12 bits per heavy atom. The number of rotatable bonds is 5. The number of nitrogens with one attached hydrogen (secondary N) is 1. The minimum atomic E-state index is -0.331. The monoisotopic (exact) mass is 346 g/mol. The van der Waals surface area contributed by atoms with Gasteiger partial charge in [-0.05, 0) is 37.1 Å². The van der Waals surface area contributed by atoms with Crippen LogP contribution >= 0.6 is 11.6 Å². The molecule has 1 aliphatic heterocycles. The van der Waals surface area contributed by atoms with Gasteiger partial charge in [0.1, 0.15) is 5.76 Å². The van der Waals surface area contributed by atoms with Gasteiger partial charge in [0.25, 0.3) is 5.91 Å². The standard InChI is InChI=1S/C18H19ClN2O3/c19-14-6-2-1-5-13(14)15-7-8-16(24-15)18(23)20-10-9-17(22)21-11-3-4-12-21/h1-2,5-8H,3-4,9-12H2,(H,20,23). The summed E-state index contributed by atoms with van der Waals surface area (Å²) in [6.45, 7) is 1.95. The highest BCUT2D eigenvalue weighted by molar-refractivity contribution is 6.33. The molecule has 5 nitrogen and oxygen atoms in total. The fourth-order valence-electron chi connectivity index (χ4n) is 2.76. The summed E-state index contributed by atoms with van der Waals surface area (Å²) < 4.78 is 5.58. The molecule has 24 heavy (non-hydrogen) atoms. The molecule has 1 fully saturated rings. The first-order chi connectivity index (χ1) is 11.6. The number of carbonyl (C=O) groups excluding carboxylic acids is 2. The summed E-state index contributed by atoms with van der Waals surface area (Å²) in [5, 5.41) is 3.28. The van der Waals surface area contributed by atoms with Crippen molar-refractivity contribution in [2.24, 2.45) is 0 Å². The number of benzene rings is 1. The molecule has 0 bridgehead atoms. The molecule has 0 aliphatic carbocycles. The van der Waals surface area contributed by atoms with Crippen LogP contribution in [-0.4, -0.2) is 36.3 Å². The first kappa shape index (κ1) is 16.6. The molecule has 0 spiro atoms. The van der Waals surface area contributed by atoms with Gasteiger partial charge in [0.05, 0.1) is 5.02 Å². The number of carbonyl (C=O) groups is 2. The quantitative estimate of drug-likeness (QED) is 0.903. The van der Waals surface area contributed by atoms with Gasteiger partial charge in [-0.3, -0.25) is 9.59 Å². The van der Waals surface area contributed by atoms with Gasteiger partial charge in [0, 0.05) is 31.6 Å². The number of furan rings is 1. The summed E-state index contributed by atoms with van der Waals surface area (Å²) in [5.41, 5.74) is 0.738. The Morgan fingerprint density at radius 2 is 1.88 bits per heavy atom. The van der Waals surface area contributed by atoms with Crippen LogP contribution < -0.4 is 5.32 Å². The SMILES string of the molecule is O=C(NCCC(=O)N1CCCC1)c1ccc(-c2ccccc2Cl)o1. The van der Waals surface area contributed by atoms with Crippen LogP contribution in [0, 0.1) is 0 Å². The molecule has 0 unspecified atom stereocenters. The third kappa shape index (κ3) is 3.79. The van der Waals surface area contributed by atoms with Crippen LogP contribution in [0.15, 0.2) is 40.8 Å². The van der Waals surface area contributed by atoms with Crippen molar-refractivity contribution in [3.8, 4) is 11.3 Å². The van der Waals surface area contributed by atoms with Crippen molar-refractivity contribution in [2.45, 2.75) is 19.3 Å². The summed E-state index contributed by atoms with van der Waals surface area (Å²) in [5.74, 6) is 0.504. The molecule has 1 aromatic heterocycles. The van der Waals surface area contributed by atoms with E-state index in [0.717, 1.165) is 31.5 Å². The van der Waals surface area contributed by atoms with Crippen LogP contribution in [0.2, 0.25) is 5.02 Å². The van der Waals surface area contributed by atoms with Crippen LogP contribution in [0.25, 0.3) is 11.3 Å². The molecule has 1 N–H and O–H groups in total. The normalized spacial score (nSPS) is 14.0. The van der Waals surface area contributed by atoms with Crippen molar-refractivity contribution in [3.63, 3.8) is 0 Å². The Bertz CT molecular complexity index is 735. The molecule has 3 rings (SSSR count). The highest BCUT2D eigenvalue weighted by Gasteiger charge is 2.18. The van der Waals surface area contributed by atoms with Crippen molar-refractivity contribution in [3.05, 3.63) is 47.2 Å². The van der Waals surface area contributed by atoms with E-state index >= 15 is 0 Å². The Kier molecular flexibility index (Phi) is 5.20. The average molecular weight is 347 g/mol. The lowest BCUT2D eigenvalue weighted by atomic mass is 10.2. The largest absolute Gasteiger partial charge is 0.451 e. The molecule has 1 aromatic carbocycles. The molecule has 0 radical (unpaired) electrons. The van der Waals surface area contributed by atoms with Crippen molar-refractivity contribution >= 4 is 23.4 Å². The Morgan fingerprint density at radius 3 is 2.62 bits per heavy atom. The molecule has 2 aromatic rings. The van der Waals surface area contributed by atoms with Crippen LogP contribution in [0.4, 0.5) is 0 Å². The lowest BCUT2D eigenvalue weighted by Gasteiger charge is -2.14. The van der Waals surface area contributed by atoms with Gasteiger partial charge in [-0.25, -0.2) is 0 Å². The van der Waals surface area contributed by atoms with Gasteiger partial charge < -0.3 is 14.6 Å². The van der Waals surface area contributed by atoms with E-state index in [2.05, 4.69) is 5.32 Å². The van der Waals surface area contributed by atoms with Crippen molar-refractivity contribution in [2.75, 3.05) is 19.6 Å². The maximum atomic E-state index is 12.1. The van der Waals surface area contributed by atoms with Crippen LogP contribution in [0.5, 0.6) is 0 Å². The van der Waals surface area contributed by atoms with Gasteiger partial charge in [-0.15, -0.1) is 0 Å². The zero-order chi connectivity index (χ0) is 16.9. The second-order valence-corrected chi connectivity index (χ2v) is 6.14. The Labute approximate surface area is 145 Å². The number of likely N-dealkylation sites (tertiary alicyclic amines) is 1. The van der Waals surface area contributed by atoms with Crippen LogP contribution in [-0.2, 0) is 4.79 Å². The lowest BCUT2D eigenvalue weighted by molar-refractivity contribution is -0.129. The van der Waals surface area contributed by atoms with Crippen molar-refractivity contribution < 1.29 is 14.0 Å². The number of hydrogen-bond acceptors (Lipinski definition) is 3. The lowest BCUT2D eigenvalue weighted by Crippen LogP contribution is -2.32. The topological polar surface area (TPSA) is 62.6 Å². The molecule has 126 valence electrons. The molecule has 2 amide bonds. The molecule has 0 atom stereocenters. The summed E-state index contributed by atoms with van der Waals surface area (Å²) >= 11 is 6.13. The van der Waals surface area contributed by atoms with Crippen LogP contribution in [0.1, 0.15) is 29.8 Å². The Balaban J connectivity index is 1.54. The molecule has 1 saturated heterocycles. The summed E-state index contributed by atoms with van der Waals surface area (Å²) in [6, 6.07) is 10.6. The Hall–Kier alpha value is -2.27. The molecule has 0 saturated carbocycles. The third-order valence-electron chi connectivity index (χ3n) is 4.05. The second kappa shape index (κ2) is 7.53. The predicted molar refractivity (Wildman–Crippen MR) is 91.9 cm³/mol. The van der Waals surface area contributed by atoms with Gasteiger partial charge in [-0.2, -0.15) is 0 Å². The summed E-state index contributed by atoms with van der Waals surface area (Å²) in [6.07, 6.45) is 2.44. The van der Waals surface area contributed by atoms with E-state index in [1.165, 1.54) is 0 Å². The summed E-state index contributed by atoms with van der Waals surface area (Å²) in [7, 11) is 0. The highest BCUT2D eigenvalue weighted by atomic mass is 35.5. The van der Waals surface area contributed by atoms with Gasteiger partial charge >= 0.3 is 0 Å². The van der Waals surface area contributed by atoms with E-state index in [1.807, 2.05) is 23.1 Å². The minimum absolute atomic E-state index is 0.0870. The van der Waals surface area contributed by atoms with E-state index in [-0.39, 0.29) is 17.6 Å². The molecular formula is C18H19ClN2O3. The van der Waals surface area contributed by atoms with E-state index < -0.39 is 0 Å². The maximum Gasteiger partial charge on any atom is 0.287 e. The zero-order valence-electron chi connectivity index (χ0n) is 13.3. The van der Waals surface area contributed by atoms with E-state index in [9.17, 15) is 9.59 Å². The number of amides is 2. The minimum Gasteiger partial charge on any atom is -0.451 e. The third-order valence-corrected chi connectivity index (χ3v) is 4.38. The van der Waals surface area contributed by atoms with Gasteiger partial charge in [0.15, 0.2) is 5.76 Å². The van der Waals surface area contributed by atoms with E-state index in [0.29, 0.717) is 23.7 Å². The van der Waals surface area contributed by atoms with Crippen LogP contribution in [0.3, 0.4) is 0 Å². The molecule has 2 heterocycles. The maximum absolute atomic E-state index is 12.1. The van der Waals surface area contributed by atoms with Crippen molar-refractivity contribution in [1.29, 1.82) is 0 Å². The predicted octanol–water partition coefficient (Wildman–Crippen LogP) is 3.34. The van der Waals surface area contributed by atoms with E-state index in [1.54, 1.807) is 18.2 Å². The van der Waals surface area contributed by atoms with E-state index in [4.69, 9.17) is 16.0 Å². The first-order valence-corrected chi connectivity index (χ1v) is 8.43. The first-order valence-electron chi connectivity index (χ1n) is 8.06. The van der Waals surface area contributed by atoms with Crippen molar-refractivity contribution in [1.82, 2.24) is 10.2 Å². The number of hydrogen-bond donors (Lipinski definition) is 1. The fourth-order valence-corrected chi connectivity index (χ4v) is 2.99. The molecular weight excluding hydrogens is 328 g/mol. The number of halogens is 1. The average Bonchev–Trinajstić information content (AvgIpc) is 3.27. The van der Waals surface area contributed by atoms with Gasteiger partial charge in [0.2, 0.25) is 5.91 Å². The molecule has 1 aliphatic rings. The summed E-state index contributed by atoms with van der Waals surface area (Å²) in [4.78, 5) is 25.9. The van der Waals surface area contributed by atoms with Gasteiger partial charge in [-0.1, -0.05) is 23.7 Å². The fraction of sp³-hybridized carbons (Fsp3) is 0.333. The zero-order valence-corrected chi connectivity index (χ0v) is 14.0. The molecule has 6 heteroatoms. The smallest absolute Gasteiger partial charge is 0.287 e. The highest BCUT2D eigenvalue weighted by Crippen LogP contribution is 2.28. The number of nitrogens with zero attached hydrogens (tertiary/aromatic N) is 1.